The molecule has 0 aromatic heterocycles. The minimum atomic E-state index is -0.0232. The third-order valence-electron chi connectivity index (χ3n) is 6.63. The summed E-state index contributed by atoms with van der Waals surface area (Å²) < 4.78 is 0. The molecular formula is C24H39N5O. The van der Waals surface area contributed by atoms with Crippen molar-refractivity contribution >= 4 is 11.9 Å². The molecule has 2 fully saturated rings. The van der Waals surface area contributed by atoms with Gasteiger partial charge in [0.05, 0.1) is 0 Å². The average molecular weight is 414 g/mol. The van der Waals surface area contributed by atoms with Crippen LogP contribution in [-0.4, -0.2) is 55.5 Å². The number of aliphatic imine (C=N–C) groups is 1. The topological polar surface area (TPSA) is 68.8 Å². The maximum absolute atomic E-state index is 11.9. The smallest absolute Gasteiger partial charge is 0.251 e. The van der Waals surface area contributed by atoms with Crippen LogP contribution in [0.3, 0.4) is 0 Å². The summed E-state index contributed by atoms with van der Waals surface area (Å²) in [5.41, 5.74) is 2.11. The monoisotopic (exact) mass is 413 g/mol. The maximum Gasteiger partial charge on any atom is 0.251 e. The SMILES string of the molecule is CCNC(=O)c1ccc(CNC(=NC)NCC2(N3CCCCC3)CCCCC2)cc1. The van der Waals surface area contributed by atoms with Gasteiger partial charge in [0.15, 0.2) is 5.96 Å². The normalized spacial score (nSPS) is 19.9. The summed E-state index contributed by atoms with van der Waals surface area (Å²) in [6.45, 7) is 6.70. The van der Waals surface area contributed by atoms with Crippen molar-refractivity contribution < 1.29 is 4.79 Å². The molecule has 1 aromatic rings. The van der Waals surface area contributed by atoms with Crippen molar-refractivity contribution in [3.63, 3.8) is 0 Å². The number of hydrogen-bond donors (Lipinski definition) is 3. The Labute approximate surface area is 181 Å². The van der Waals surface area contributed by atoms with Crippen LogP contribution in [0.25, 0.3) is 0 Å². The van der Waals surface area contributed by atoms with Gasteiger partial charge in [0.25, 0.3) is 5.91 Å². The van der Waals surface area contributed by atoms with Crippen molar-refractivity contribution in [2.75, 3.05) is 33.2 Å². The van der Waals surface area contributed by atoms with E-state index in [0.29, 0.717) is 18.7 Å². The van der Waals surface area contributed by atoms with Gasteiger partial charge >= 0.3 is 0 Å². The Morgan fingerprint density at radius 2 is 1.63 bits per heavy atom. The number of carbonyl (C=O) groups is 1. The first-order chi connectivity index (χ1) is 14.7. The predicted molar refractivity (Wildman–Crippen MR) is 124 cm³/mol. The van der Waals surface area contributed by atoms with Gasteiger partial charge in [-0.1, -0.05) is 37.8 Å². The number of nitrogens with zero attached hydrogens (tertiary/aromatic N) is 2. The second kappa shape index (κ2) is 11.3. The van der Waals surface area contributed by atoms with Crippen LogP contribution in [0, 0.1) is 0 Å². The molecule has 0 bridgehead atoms. The first-order valence-electron chi connectivity index (χ1n) is 11.7. The maximum atomic E-state index is 11.9. The minimum Gasteiger partial charge on any atom is -0.355 e. The molecule has 1 aliphatic heterocycles. The molecule has 0 atom stereocenters. The molecule has 166 valence electrons. The third-order valence-corrected chi connectivity index (χ3v) is 6.63. The highest BCUT2D eigenvalue weighted by atomic mass is 16.1. The number of piperidine rings is 1. The van der Waals surface area contributed by atoms with Crippen LogP contribution >= 0.6 is 0 Å². The molecule has 3 N–H and O–H groups in total. The van der Waals surface area contributed by atoms with E-state index in [-0.39, 0.29) is 11.4 Å². The lowest BCUT2D eigenvalue weighted by atomic mass is 9.79. The van der Waals surface area contributed by atoms with Gasteiger partial charge in [-0.15, -0.1) is 0 Å². The number of guanidine groups is 1. The lowest BCUT2D eigenvalue weighted by molar-refractivity contribution is 0.0368. The lowest BCUT2D eigenvalue weighted by Gasteiger charge is -2.48. The van der Waals surface area contributed by atoms with E-state index in [9.17, 15) is 4.79 Å². The fourth-order valence-corrected chi connectivity index (χ4v) is 4.87. The number of carbonyl (C=O) groups excluding carboxylic acids is 1. The molecule has 30 heavy (non-hydrogen) atoms. The van der Waals surface area contributed by atoms with Crippen molar-refractivity contribution in [1.29, 1.82) is 0 Å². The van der Waals surface area contributed by atoms with Gasteiger partial charge in [-0.3, -0.25) is 14.7 Å². The van der Waals surface area contributed by atoms with E-state index in [1.54, 1.807) is 0 Å². The Hall–Kier alpha value is -2.08. The lowest BCUT2D eigenvalue weighted by Crippen LogP contribution is -2.59. The van der Waals surface area contributed by atoms with E-state index in [2.05, 4.69) is 25.8 Å². The van der Waals surface area contributed by atoms with E-state index < -0.39 is 0 Å². The molecule has 1 saturated carbocycles. The highest BCUT2D eigenvalue weighted by Gasteiger charge is 2.38. The van der Waals surface area contributed by atoms with E-state index >= 15 is 0 Å². The van der Waals surface area contributed by atoms with Crippen molar-refractivity contribution in [2.45, 2.75) is 70.4 Å². The average Bonchev–Trinajstić information content (AvgIpc) is 2.81. The molecular weight excluding hydrogens is 374 g/mol. The van der Waals surface area contributed by atoms with Gasteiger partial charge in [-0.2, -0.15) is 0 Å². The molecule has 0 spiro atoms. The fraction of sp³-hybridized carbons (Fsp3) is 0.667. The van der Waals surface area contributed by atoms with Crippen molar-refractivity contribution in [3.05, 3.63) is 35.4 Å². The highest BCUT2D eigenvalue weighted by Crippen LogP contribution is 2.35. The van der Waals surface area contributed by atoms with E-state index in [0.717, 1.165) is 18.1 Å². The fourth-order valence-electron chi connectivity index (χ4n) is 4.87. The van der Waals surface area contributed by atoms with Crippen molar-refractivity contribution in [3.8, 4) is 0 Å². The Morgan fingerprint density at radius 3 is 2.27 bits per heavy atom. The summed E-state index contributed by atoms with van der Waals surface area (Å²) in [6.07, 6.45) is 10.7. The summed E-state index contributed by atoms with van der Waals surface area (Å²) in [7, 11) is 1.84. The van der Waals surface area contributed by atoms with Crippen LogP contribution in [0.5, 0.6) is 0 Å². The first kappa shape index (κ1) is 22.6. The molecule has 6 nitrogen and oxygen atoms in total. The summed E-state index contributed by atoms with van der Waals surface area (Å²) in [6, 6.07) is 7.76. The number of rotatable bonds is 7. The zero-order chi connectivity index (χ0) is 21.2. The molecule has 1 saturated heterocycles. The number of benzene rings is 1. The minimum absolute atomic E-state index is 0.0232. The van der Waals surface area contributed by atoms with Gasteiger partial charge < -0.3 is 16.0 Å². The first-order valence-corrected chi connectivity index (χ1v) is 11.7. The predicted octanol–water partition coefficient (Wildman–Crippen LogP) is 3.29. The van der Waals surface area contributed by atoms with Crippen LogP contribution in [0.2, 0.25) is 0 Å². The largest absolute Gasteiger partial charge is 0.355 e. The van der Waals surface area contributed by atoms with E-state index in [4.69, 9.17) is 0 Å². The number of hydrogen-bond acceptors (Lipinski definition) is 3. The summed E-state index contributed by atoms with van der Waals surface area (Å²) >= 11 is 0. The zero-order valence-corrected chi connectivity index (χ0v) is 18.8. The Kier molecular flexibility index (Phi) is 8.55. The van der Waals surface area contributed by atoms with Crippen LogP contribution in [-0.2, 0) is 6.54 Å². The molecule has 1 aromatic carbocycles. The van der Waals surface area contributed by atoms with Gasteiger partial charge in [0.2, 0.25) is 0 Å². The Morgan fingerprint density at radius 1 is 0.967 bits per heavy atom. The highest BCUT2D eigenvalue weighted by molar-refractivity contribution is 5.94. The molecule has 0 unspecified atom stereocenters. The standard InChI is InChI=1S/C24H39N5O/c1-3-26-22(30)21-12-10-20(11-13-21)18-27-23(25-2)28-19-24(14-6-4-7-15-24)29-16-8-5-9-17-29/h10-13H,3-9,14-19H2,1-2H3,(H,26,30)(H2,25,27,28). The molecule has 3 rings (SSSR count). The molecule has 0 radical (unpaired) electrons. The second-order valence-electron chi connectivity index (χ2n) is 8.67. The van der Waals surface area contributed by atoms with E-state index in [1.165, 1.54) is 64.5 Å². The Bertz CT molecular complexity index is 688. The van der Waals surface area contributed by atoms with Crippen molar-refractivity contribution in [1.82, 2.24) is 20.9 Å². The zero-order valence-electron chi connectivity index (χ0n) is 18.8. The molecule has 1 heterocycles. The van der Waals surface area contributed by atoms with Gasteiger partial charge in [0, 0.05) is 37.8 Å². The van der Waals surface area contributed by atoms with Crippen molar-refractivity contribution in [2.24, 2.45) is 4.99 Å². The molecule has 1 aliphatic carbocycles. The molecule has 2 aliphatic rings. The summed E-state index contributed by atoms with van der Waals surface area (Å²) in [5, 5.41) is 9.90. The van der Waals surface area contributed by atoms with Gasteiger partial charge in [-0.05, 0) is 63.4 Å². The summed E-state index contributed by atoms with van der Waals surface area (Å²) in [5.74, 6) is 0.828. The molecule has 6 heteroatoms. The van der Waals surface area contributed by atoms with Gasteiger partial charge in [0.1, 0.15) is 0 Å². The second-order valence-corrected chi connectivity index (χ2v) is 8.67. The van der Waals surface area contributed by atoms with Gasteiger partial charge in [-0.25, -0.2) is 0 Å². The number of likely N-dealkylation sites (tertiary alicyclic amines) is 1. The molecule has 1 amide bonds. The quantitative estimate of drug-likeness (QED) is 0.474. The number of nitrogens with one attached hydrogen (secondary N) is 3. The van der Waals surface area contributed by atoms with Crippen LogP contribution in [0.4, 0.5) is 0 Å². The summed E-state index contributed by atoms with van der Waals surface area (Å²) in [4.78, 5) is 19.1. The third kappa shape index (κ3) is 5.97. The van der Waals surface area contributed by atoms with Crippen LogP contribution in [0.1, 0.15) is 74.2 Å². The Balaban J connectivity index is 1.53. The van der Waals surface area contributed by atoms with E-state index in [1.807, 2.05) is 38.2 Å². The number of amides is 1. The van der Waals surface area contributed by atoms with Crippen LogP contribution in [0.15, 0.2) is 29.3 Å². The van der Waals surface area contributed by atoms with Crippen LogP contribution < -0.4 is 16.0 Å².